The van der Waals surface area contributed by atoms with Crippen molar-refractivity contribution in [1.29, 1.82) is 0 Å². The predicted octanol–water partition coefficient (Wildman–Crippen LogP) is 8.95. The molecule has 2 aromatic carbocycles. The van der Waals surface area contributed by atoms with Crippen molar-refractivity contribution in [2.75, 3.05) is 31.6 Å². The van der Waals surface area contributed by atoms with Gasteiger partial charge in [0.2, 0.25) is 0 Å². The lowest BCUT2D eigenvalue weighted by Gasteiger charge is -2.38. The Morgan fingerprint density at radius 3 is 2.49 bits per heavy atom. The van der Waals surface area contributed by atoms with Crippen molar-refractivity contribution < 1.29 is 23.0 Å². The van der Waals surface area contributed by atoms with Crippen molar-refractivity contribution in [3.05, 3.63) is 47.7 Å². The Kier molecular flexibility index (Phi) is 9.24. The van der Waals surface area contributed by atoms with Crippen LogP contribution in [0.3, 0.4) is 0 Å². The quantitative estimate of drug-likeness (QED) is 0.137. The van der Waals surface area contributed by atoms with E-state index in [9.17, 15) is 9.50 Å². The second-order valence-electron chi connectivity index (χ2n) is 15.9. The molecule has 11 heteroatoms. The van der Waals surface area contributed by atoms with E-state index in [0.29, 0.717) is 51.6 Å². The molecule has 0 spiro atoms. The minimum absolute atomic E-state index is 0.00875. The number of phenols is 1. The van der Waals surface area contributed by atoms with Crippen LogP contribution < -0.4 is 9.64 Å². The van der Waals surface area contributed by atoms with Crippen LogP contribution >= 0.6 is 0 Å². The minimum Gasteiger partial charge on any atom is -0.508 e. The smallest absolute Gasteiger partial charge is 0.319 e. The molecular weight excluding hydrogens is 668 g/mol. The first kappa shape index (κ1) is 35.5. The molecule has 0 radical (unpaired) electrons. The van der Waals surface area contributed by atoms with Gasteiger partial charge < -0.3 is 14.7 Å². The number of pyridine rings is 1. The maximum atomic E-state index is 17.1. The van der Waals surface area contributed by atoms with E-state index in [1.54, 1.807) is 12.3 Å². The van der Waals surface area contributed by atoms with E-state index >= 15 is 8.78 Å². The van der Waals surface area contributed by atoms with E-state index in [1.165, 1.54) is 18.2 Å². The maximum absolute atomic E-state index is 17.1. The van der Waals surface area contributed by atoms with Crippen molar-refractivity contribution >= 4 is 35.6 Å². The van der Waals surface area contributed by atoms with E-state index in [4.69, 9.17) is 9.72 Å². The molecule has 2 atom stereocenters. The van der Waals surface area contributed by atoms with Gasteiger partial charge >= 0.3 is 6.01 Å². The Morgan fingerprint density at radius 1 is 1.08 bits per heavy atom. The van der Waals surface area contributed by atoms with Gasteiger partial charge in [0.1, 0.15) is 49.4 Å². The van der Waals surface area contributed by atoms with Crippen LogP contribution in [0.5, 0.6) is 11.8 Å². The van der Waals surface area contributed by atoms with Crippen molar-refractivity contribution in [1.82, 2.24) is 19.9 Å². The van der Waals surface area contributed by atoms with Crippen molar-refractivity contribution in [3.63, 3.8) is 0 Å². The Labute approximate surface area is 299 Å². The lowest BCUT2D eigenvalue weighted by molar-refractivity contribution is 0.107. The number of fused-ring (bicyclic) bond motifs is 3. The number of aromatic hydroxyl groups is 1. The highest BCUT2D eigenvalue weighted by atomic mass is 28.3. The molecule has 1 aliphatic carbocycles. The molecule has 7 nitrogen and oxygen atoms in total. The average molecular weight is 716 g/mol. The van der Waals surface area contributed by atoms with Gasteiger partial charge in [-0.2, -0.15) is 9.97 Å². The summed E-state index contributed by atoms with van der Waals surface area (Å²) < 4.78 is 53.8. The van der Waals surface area contributed by atoms with Crippen molar-refractivity contribution in [2.45, 2.75) is 108 Å². The molecule has 0 unspecified atom stereocenters. The Morgan fingerprint density at radius 2 is 1.80 bits per heavy atom. The number of aromatic nitrogens is 3. The van der Waals surface area contributed by atoms with Crippen molar-refractivity contribution in [2.24, 2.45) is 0 Å². The van der Waals surface area contributed by atoms with Gasteiger partial charge in [-0.05, 0) is 72.4 Å². The highest BCUT2D eigenvalue weighted by Gasteiger charge is 2.49. The topological polar surface area (TPSA) is 74.6 Å². The van der Waals surface area contributed by atoms with Crippen LogP contribution in [0.2, 0.25) is 16.6 Å². The second-order valence-corrected chi connectivity index (χ2v) is 21.5. The number of hydrogen-bond donors (Lipinski definition) is 1. The van der Waals surface area contributed by atoms with Gasteiger partial charge in [-0.15, -0.1) is 5.54 Å². The number of halogens is 3. The highest BCUT2D eigenvalue weighted by molar-refractivity contribution is 6.90. The first-order valence-electron chi connectivity index (χ1n) is 18.4. The summed E-state index contributed by atoms with van der Waals surface area (Å²) in [5.41, 5.74) is 4.48. The van der Waals surface area contributed by atoms with E-state index in [1.807, 2.05) is 11.9 Å². The molecule has 2 saturated heterocycles. The summed E-state index contributed by atoms with van der Waals surface area (Å²) in [6.45, 7) is 14.6. The Hall–Kier alpha value is -3.88. The Bertz CT molecular complexity index is 2040. The van der Waals surface area contributed by atoms with Crippen LogP contribution in [-0.2, 0) is 0 Å². The fourth-order valence-electron chi connectivity index (χ4n) is 9.16. The third-order valence-electron chi connectivity index (χ3n) is 11.9. The fraction of sp³-hybridized carbons (Fsp3) is 0.525. The van der Waals surface area contributed by atoms with E-state index in [0.717, 1.165) is 32.2 Å². The summed E-state index contributed by atoms with van der Waals surface area (Å²) in [6.07, 6.45) is 4.78. The highest BCUT2D eigenvalue weighted by Crippen LogP contribution is 2.44. The van der Waals surface area contributed by atoms with Gasteiger partial charge in [-0.3, -0.25) is 9.88 Å². The van der Waals surface area contributed by atoms with E-state index in [-0.39, 0.29) is 46.7 Å². The molecular formula is C40H48F3N5O2Si. The van der Waals surface area contributed by atoms with Crippen LogP contribution in [-0.4, -0.2) is 77.5 Å². The number of anilines is 1. The summed E-state index contributed by atoms with van der Waals surface area (Å²) in [6, 6.07) is 6.14. The fourth-order valence-corrected chi connectivity index (χ4v) is 14.4. The molecule has 0 amide bonds. The SMILES string of the molecule is CC(C)[Si](C#Cc1c(F)ccc2cc(O)cc(-c3ncc4c(N(C)C5CC5)nc(OC[C@@]56CCCN5C[C@H](F)C6)nc4c3F)c12)(C(C)C)C(C)C. The van der Waals surface area contributed by atoms with Crippen LogP contribution in [0.4, 0.5) is 19.0 Å². The lowest BCUT2D eigenvalue weighted by Crippen LogP contribution is -2.43. The van der Waals surface area contributed by atoms with Gasteiger partial charge in [0.25, 0.3) is 0 Å². The predicted molar refractivity (Wildman–Crippen MR) is 200 cm³/mol. The van der Waals surface area contributed by atoms with Crippen LogP contribution in [0.15, 0.2) is 30.5 Å². The lowest BCUT2D eigenvalue weighted by atomic mass is 9.95. The molecule has 1 saturated carbocycles. The van der Waals surface area contributed by atoms with Crippen molar-refractivity contribution in [3.8, 4) is 34.5 Å². The second kappa shape index (κ2) is 13.3. The standard InChI is InChI=1S/C40H48F3N5O2Si/c1-23(2)51(24(3)4,25(5)6)16-13-30-33(42)12-9-26-17-29(49)18-31(34(26)30)36-35(43)37-32(20-44-36)38(47(7)28-10-11-28)46-39(45-37)50-22-40-14-8-15-48(40)21-27(41)19-40/h9,12,17-18,20,23-25,27-28,49H,8,10-11,14-15,19,21-22H2,1-7H3/t27-,40+/m1/s1. The molecule has 3 aliphatic rings. The van der Waals surface area contributed by atoms with Gasteiger partial charge in [0, 0.05) is 43.2 Å². The minimum atomic E-state index is -2.26. The van der Waals surface area contributed by atoms with E-state index in [2.05, 4.69) is 67.9 Å². The average Bonchev–Trinajstić information content (AvgIpc) is 3.78. The normalized spacial score (nSPS) is 20.8. The first-order valence-corrected chi connectivity index (χ1v) is 20.6. The zero-order valence-electron chi connectivity index (χ0n) is 30.7. The summed E-state index contributed by atoms with van der Waals surface area (Å²) in [5.74, 6) is 2.41. The number of rotatable bonds is 9. The molecule has 2 aliphatic heterocycles. The summed E-state index contributed by atoms with van der Waals surface area (Å²) in [5, 5.41) is 12.2. The zero-order valence-corrected chi connectivity index (χ0v) is 31.7. The van der Waals surface area contributed by atoms with E-state index < -0.39 is 31.4 Å². The third-order valence-corrected chi connectivity index (χ3v) is 18.2. The van der Waals surface area contributed by atoms with Gasteiger partial charge in [0.15, 0.2) is 5.82 Å². The maximum Gasteiger partial charge on any atom is 0.319 e. The number of alkyl halides is 1. The Balaban J connectivity index is 1.39. The molecule has 4 heterocycles. The number of nitrogens with zero attached hydrogens (tertiary/aromatic N) is 5. The van der Waals surface area contributed by atoms with Gasteiger partial charge in [-0.25, -0.2) is 13.2 Å². The summed E-state index contributed by atoms with van der Waals surface area (Å²) in [7, 11) is -0.341. The van der Waals surface area contributed by atoms with Crippen LogP contribution in [0, 0.1) is 23.1 Å². The molecule has 3 fully saturated rings. The molecule has 2 aromatic heterocycles. The molecule has 270 valence electrons. The number of hydrogen-bond acceptors (Lipinski definition) is 7. The molecule has 7 rings (SSSR count). The monoisotopic (exact) mass is 715 g/mol. The largest absolute Gasteiger partial charge is 0.508 e. The summed E-state index contributed by atoms with van der Waals surface area (Å²) >= 11 is 0. The number of benzene rings is 2. The summed E-state index contributed by atoms with van der Waals surface area (Å²) in [4.78, 5) is 18.1. The number of ether oxygens (including phenoxy) is 1. The zero-order chi connectivity index (χ0) is 36.4. The molecule has 51 heavy (non-hydrogen) atoms. The number of phenolic OH excluding ortho intramolecular Hbond substituents is 1. The van der Waals surface area contributed by atoms with Gasteiger partial charge in [-0.1, -0.05) is 53.5 Å². The molecule has 4 aromatic rings. The van der Waals surface area contributed by atoms with Gasteiger partial charge in [0.05, 0.1) is 16.5 Å². The molecule has 1 N–H and O–H groups in total. The molecule has 0 bridgehead atoms. The third kappa shape index (κ3) is 6.12. The first-order chi connectivity index (χ1) is 24.3. The van der Waals surface area contributed by atoms with Crippen LogP contribution in [0.25, 0.3) is 32.9 Å². The van der Waals surface area contributed by atoms with Crippen LogP contribution in [0.1, 0.15) is 79.2 Å².